The maximum absolute atomic E-state index is 15.5. The number of esters is 1. The molecule has 0 spiro atoms. The molecule has 2 aliphatic rings. The maximum atomic E-state index is 15.5. The van der Waals surface area contributed by atoms with E-state index in [9.17, 15) is 9.59 Å². The number of nitrogens with zero attached hydrogens (tertiary/aromatic N) is 5. The maximum Gasteiger partial charge on any atom is 0.356 e. The van der Waals surface area contributed by atoms with Crippen LogP contribution in [0.3, 0.4) is 0 Å². The number of amides is 2. The van der Waals surface area contributed by atoms with Gasteiger partial charge in [0.15, 0.2) is 16.9 Å². The van der Waals surface area contributed by atoms with Crippen molar-refractivity contribution in [3.8, 4) is 0 Å². The first kappa shape index (κ1) is 53.1. The largest absolute Gasteiger partial charge is 0.448 e. The molecule has 0 radical (unpaired) electrons. The van der Waals surface area contributed by atoms with Crippen molar-refractivity contribution in [1.29, 1.82) is 0 Å². The van der Waals surface area contributed by atoms with Crippen LogP contribution in [0.15, 0.2) is 277 Å². The number of allylic oxidation sites excluding steroid dienone is 1. The van der Waals surface area contributed by atoms with Crippen LogP contribution in [0.4, 0.5) is 5.13 Å². The van der Waals surface area contributed by atoms with Gasteiger partial charge >= 0.3 is 5.97 Å². The molecule has 10 aromatic rings. The predicted molar refractivity (Wildman–Crippen MR) is 324 cm³/mol. The Morgan fingerprint density at radius 2 is 1.09 bits per heavy atom. The quantitative estimate of drug-likeness (QED) is 0.0264. The van der Waals surface area contributed by atoms with Gasteiger partial charge in [-0.05, 0) is 51.0 Å². The minimum absolute atomic E-state index is 0.0781. The highest BCUT2D eigenvalue weighted by Gasteiger charge is 2.55. The fraction of sp³-hybridized carbons (Fsp3) is 0.0896. The minimum Gasteiger partial charge on any atom is -0.448 e. The van der Waals surface area contributed by atoms with E-state index >= 15 is 4.79 Å². The molecule has 4 heterocycles. The van der Waals surface area contributed by atoms with Crippen LogP contribution >= 0.6 is 34.6 Å². The zero-order chi connectivity index (χ0) is 55.7. The van der Waals surface area contributed by atoms with Gasteiger partial charge in [-0.15, -0.1) is 28.2 Å². The van der Waals surface area contributed by atoms with Gasteiger partial charge < -0.3 is 20.2 Å². The number of hydrogen-bond acceptors (Lipinski definition) is 13. The number of rotatable bonds is 19. The number of fused-ring (bicyclic) bond motifs is 1. The van der Waals surface area contributed by atoms with Crippen LogP contribution in [-0.4, -0.2) is 60.1 Å². The monoisotopic (exact) mass is 1130 g/mol. The molecular formula is C67H51N7O5S3. The standard InChI is InChI=1S/C67H51N7O5S3/c75-61(70-58-62(76)74-59(48(44-80-63(58)74)41-42-55-43-68-73-82-55)64(77)78-60(46-25-9-1-10-26-46)47-27-11-2-12-28-47)57(72-79-67(52-35-19-6-20-36-52,53-37-21-7-22-38-53)54-39-23-8-24-40-54)56-45-81-65(69-56)71-66(49-29-13-3-14-30-49,50-31-15-4-16-32-50)51-33-17-5-18-34-51/h1-43,45,58,60,63H,44H2,(H,69,71)(H,70,75)/b42-41-,72-57-/t58?,63-/m1/s1. The number of ether oxygens (including phenoxy) is 1. The number of oxime groups is 1. The third-order valence-electron chi connectivity index (χ3n) is 14.4. The van der Waals surface area contributed by atoms with Gasteiger partial charge in [0.25, 0.3) is 11.8 Å². The van der Waals surface area contributed by atoms with E-state index in [1.165, 1.54) is 39.5 Å². The van der Waals surface area contributed by atoms with Crippen molar-refractivity contribution in [3.63, 3.8) is 0 Å². The van der Waals surface area contributed by atoms with Crippen LogP contribution in [0.25, 0.3) is 6.08 Å². The number of thioether (sulfide) groups is 1. The lowest BCUT2D eigenvalue weighted by molar-refractivity contribution is -0.154. The lowest BCUT2D eigenvalue weighted by Gasteiger charge is -2.49. The molecule has 8 aromatic carbocycles. The Morgan fingerprint density at radius 1 is 0.622 bits per heavy atom. The van der Waals surface area contributed by atoms with Crippen LogP contribution in [0, 0.1) is 0 Å². The van der Waals surface area contributed by atoms with E-state index in [1.807, 2.05) is 212 Å². The first-order valence-corrected chi connectivity index (χ1v) is 29.2. The molecule has 2 aromatic heterocycles. The Bertz CT molecular complexity index is 3660. The number of hydrogen-bond donors (Lipinski definition) is 2. The molecule has 2 N–H and O–H groups in total. The Morgan fingerprint density at radius 3 is 1.55 bits per heavy atom. The summed E-state index contributed by atoms with van der Waals surface area (Å²) >= 11 is 3.92. The SMILES string of the molecule is O=C(OC(c1ccccc1)c1ccccc1)C1=C(/C=C\c2cnns2)CS[C@@H]2C(NC(=O)/C(=N\OC(c3ccccc3)(c3ccccc3)c3ccccc3)c3csc(NC(c4ccccc4)(c4ccccc4)c4ccccc4)n3)C(=O)N12. The third kappa shape index (κ3) is 10.6. The van der Waals surface area contributed by atoms with Gasteiger partial charge in [-0.25, -0.2) is 9.78 Å². The molecule has 0 aliphatic carbocycles. The number of benzene rings is 8. The highest BCUT2D eigenvalue weighted by Crippen LogP contribution is 2.45. The van der Waals surface area contributed by atoms with E-state index in [0.29, 0.717) is 16.5 Å². The molecule has 12 rings (SSSR count). The van der Waals surface area contributed by atoms with Crippen molar-refractivity contribution in [2.24, 2.45) is 5.16 Å². The summed E-state index contributed by atoms with van der Waals surface area (Å²) in [6.45, 7) is 0. The van der Waals surface area contributed by atoms with Crippen LogP contribution in [0.1, 0.15) is 61.2 Å². The molecular weight excluding hydrogens is 1080 g/mol. The van der Waals surface area contributed by atoms with E-state index in [2.05, 4.69) is 56.6 Å². The second-order valence-electron chi connectivity index (χ2n) is 19.3. The Balaban J connectivity index is 0.938. The molecule has 2 aliphatic heterocycles. The van der Waals surface area contributed by atoms with E-state index in [1.54, 1.807) is 17.7 Å². The molecule has 0 bridgehead atoms. The van der Waals surface area contributed by atoms with Gasteiger partial charge in [0.1, 0.15) is 28.3 Å². The highest BCUT2D eigenvalue weighted by atomic mass is 32.2. The van der Waals surface area contributed by atoms with E-state index < -0.39 is 46.4 Å². The zero-order valence-electron chi connectivity index (χ0n) is 43.8. The average Bonchev–Trinajstić information content (AvgIpc) is 4.03. The number of aromatic nitrogens is 3. The predicted octanol–water partition coefficient (Wildman–Crippen LogP) is 12.8. The third-order valence-corrected chi connectivity index (χ3v) is 17.1. The number of carbonyl (C=O) groups is 3. The summed E-state index contributed by atoms with van der Waals surface area (Å²) in [5.41, 5.74) is 4.98. The van der Waals surface area contributed by atoms with Gasteiger partial charge in [-0.2, -0.15) is 0 Å². The van der Waals surface area contributed by atoms with Crippen LogP contribution in [0.5, 0.6) is 0 Å². The van der Waals surface area contributed by atoms with Crippen LogP contribution < -0.4 is 10.6 Å². The van der Waals surface area contributed by atoms with E-state index in [-0.39, 0.29) is 17.1 Å². The molecule has 0 saturated carbocycles. The summed E-state index contributed by atoms with van der Waals surface area (Å²) in [6, 6.07) is 77.5. The second-order valence-corrected chi connectivity index (χ2v) is 22.1. The summed E-state index contributed by atoms with van der Waals surface area (Å²) in [7, 11) is 0. The molecule has 1 unspecified atom stereocenters. The molecule has 1 saturated heterocycles. The Labute approximate surface area is 486 Å². The molecule has 12 nitrogen and oxygen atoms in total. The van der Waals surface area contributed by atoms with Gasteiger partial charge in [0, 0.05) is 27.8 Å². The summed E-state index contributed by atoms with van der Waals surface area (Å²) in [6.07, 6.45) is 4.44. The Hall–Kier alpha value is -9.54. The van der Waals surface area contributed by atoms with E-state index in [4.69, 9.17) is 19.7 Å². The normalized spacial score (nSPS) is 15.4. The summed E-state index contributed by atoms with van der Waals surface area (Å²) < 4.78 is 10.4. The van der Waals surface area contributed by atoms with Gasteiger partial charge in [0.05, 0.1) is 11.1 Å². The fourth-order valence-electron chi connectivity index (χ4n) is 10.5. The molecule has 2 atom stereocenters. The number of carbonyl (C=O) groups excluding carboxylic acids is 3. The fourth-order valence-corrected chi connectivity index (χ4v) is 13.0. The first-order valence-electron chi connectivity index (χ1n) is 26.5. The zero-order valence-corrected chi connectivity index (χ0v) is 46.3. The highest BCUT2D eigenvalue weighted by molar-refractivity contribution is 8.00. The van der Waals surface area contributed by atoms with E-state index in [0.717, 1.165) is 49.4 Å². The lowest BCUT2D eigenvalue weighted by atomic mass is 9.77. The van der Waals surface area contributed by atoms with Crippen LogP contribution in [-0.2, 0) is 35.1 Å². The first-order chi connectivity index (χ1) is 40.4. The van der Waals surface area contributed by atoms with Crippen molar-refractivity contribution in [2.45, 2.75) is 28.7 Å². The number of thiazole rings is 1. The molecule has 2 amide bonds. The van der Waals surface area contributed by atoms with Crippen molar-refractivity contribution >= 4 is 69.3 Å². The van der Waals surface area contributed by atoms with Crippen LogP contribution in [0.2, 0.25) is 0 Å². The average molecular weight is 1130 g/mol. The summed E-state index contributed by atoms with van der Waals surface area (Å²) in [5, 5.41) is 17.3. The van der Waals surface area contributed by atoms with Gasteiger partial charge in [-0.3, -0.25) is 14.5 Å². The molecule has 82 heavy (non-hydrogen) atoms. The van der Waals surface area contributed by atoms with Crippen molar-refractivity contribution in [2.75, 3.05) is 11.1 Å². The minimum atomic E-state index is -1.38. The van der Waals surface area contributed by atoms with Gasteiger partial charge in [0.2, 0.25) is 5.60 Å². The smallest absolute Gasteiger partial charge is 0.356 e. The topological polar surface area (TPSA) is 148 Å². The van der Waals surface area contributed by atoms with Crippen molar-refractivity contribution < 1.29 is 24.0 Å². The second kappa shape index (κ2) is 24.0. The van der Waals surface area contributed by atoms with Crippen molar-refractivity contribution in [3.05, 3.63) is 327 Å². The van der Waals surface area contributed by atoms with Crippen molar-refractivity contribution in [1.82, 2.24) is 24.8 Å². The number of β-lactam (4-membered cyclic amide) rings is 1. The van der Waals surface area contributed by atoms with Gasteiger partial charge in [-0.1, -0.05) is 258 Å². The Kier molecular flexibility index (Phi) is 15.6. The lowest BCUT2D eigenvalue weighted by Crippen LogP contribution is -2.71. The molecule has 402 valence electrons. The number of nitrogens with one attached hydrogen (secondary N) is 2. The number of anilines is 1. The summed E-state index contributed by atoms with van der Waals surface area (Å²) in [4.78, 5) is 59.8. The molecule has 1 fully saturated rings. The molecule has 15 heteroatoms. The summed E-state index contributed by atoms with van der Waals surface area (Å²) in [5.74, 6) is -1.62.